The lowest BCUT2D eigenvalue weighted by atomic mass is 10.2. The molecule has 2 aromatic carbocycles. The van der Waals surface area contributed by atoms with E-state index in [1.54, 1.807) is 36.6 Å². The van der Waals surface area contributed by atoms with Crippen molar-refractivity contribution in [3.05, 3.63) is 87.6 Å². The van der Waals surface area contributed by atoms with Crippen molar-refractivity contribution in [2.75, 3.05) is 11.1 Å². The molecule has 0 radical (unpaired) electrons. The third-order valence-electron chi connectivity index (χ3n) is 5.07. The second-order valence-corrected chi connectivity index (χ2v) is 8.81. The first-order chi connectivity index (χ1) is 16.0. The number of fused-ring (bicyclic) bond motifs is 3. The van der Waals surface area contributed by atoms with Crippen LogP contribution in [0.4, 0.5) is 5.69 Å². The Morgan fingerprint density at radius 2 is 2.03 bits per heavy atom. The molecule has 0 spiro atoms. The average Bonchev–Trinajstić information content (AvgIpc) is 3.44. The predicted octanol–water partition coefficient (Wildman–Crippen LogP) is 5.48. The van der Waals surface area contributed by atoms with Gasteiger partial charge in [0.15, 0.2) is 5.16 Å². The number of hydrogen-bond donors (Lipinski definition) is 1. The number of amides is 1. The highest BCUT2D eigenvalue weighted by Gasteiger charge is 2.19. The van der Waals surface area contributed by atoms with E-state index in [0.29, 0.717) is 32.7 Å². The fourth-order valence-corrected chi connectivity index (χ4v) is 4.57. The van der Waals surface area contributed by atoms with Crippen molar-refractivity contribution in [2.24, 2.45) is 0 Å². The summed E-state index contributed by atoms with van der Waals surface area (Å²) < 4.78 is 12.7. The highest BCUT2D eigenvalue weighted by Crippen LogP contribution is 2.28. The van der Waals surface area contributed by atoms with Gasteiger partial charge in [0.2, 0.25) is 11.5 Å². The molecular formula is C24H18ClN3O4S. The summed E-state index contributed by atoms with van der Waals surface area (Å²) in [6.45, 7) is 2.09. The molecule has 0 aliphatic heterocycles. The topological polar surface area (TPSA) is 90.3 Å². The standard InChI is InChI=1S/C24H18ClN3O4S/c1-14-8-9-18(17(25)11-14)26-20(29)13-33-24-27-21-16-6-2-3-7-19(16)32-22(21)23(30)28(24)12-15-5-4-10-31-15/h2-11H,12-13H2,1H3,(H,26,29). The van der Waals surface area contributed by atoms with E-state index in [9.17, 15) is 9.59 Å². The first-order valence-electron chi connectivity index (χ1n) is 10.1. The van der Waals surface area contributed by atoms with Gasteiger partial charge in [-0.15, -0.1) is 0 Å². The van der Waals surface area contributed by atoms with Crippen molar-refractivity contribution in [3.63, 3.8) is 0 Å². The number of furan rings is 2. The van der Waals surface area contributed by atoms with E-state index < -0.39 is 0 Å². The Labute approximate surface area is 197 Å². The lowest BCUT2D eigenvalue weighted by molar-refractivity contribution is -0.113. The Balaban J connectivity index is 1.49. The number of rotatable bonds is 6. The molecule has 0 aliphatic rings. The first kappa shape index (κ1) is 21.4. The second-order valence-electron chi connectivity index (χ2n) is 7.46. The molecule has 3 aromatic heterocycles. The third-order valence-corrected chi connectivity index (χ3v) is 6.36. The number of halogens is 1. The normalized spacial score (nSPS) is 11.3. The Hall–Kier alpha value is -3.49. The molecule has 9 heteroatoms. The van der Waals surface area contributed by atoms with E-state index in [-0.39, 0.29) is 29.3 Å². The van der Waals surface area contributed by atoms with Crippen molar-refractivity contribution in [1.29, 1.82) is 0 Å². The number of aromatic nitrogens is 2. The molecule has 1 N–H and O–H groups in total. The third kappa shape index (κ3) is 4.27. The van der Waals surface area contributed by atoms with Crippen molar-refractivity contribution >= 4 is 57.0 Å². The number of anilines is 1. The summed E-state index contributed by atoms with van der Waals surface area (Å²) in [5.74, 6) is 0.365. The van der Waals surface area contributed by atoms with Crippen LogP contribution < -0.4 is 10.9 Å². The molecule has 5 aromatic rings. The molecule has 0 unspecified atom stereocenters. The summed E-state index contributed by atoms with van der Waals surface area (Å²) in [5.41, 5.74) is 2.41. The summed E-state index contributed by atoms with van der Waals surface area (Å²) in [6.07, 6.45) is 1.54. The van der Waals surface area contributed by atoms with Crippen LogP contribution in [0, 0.1) is 6.92 Å². The zero-order valence-corrected chi connectivity index (χ0v) is 19.1. The van der Waals surface area contributed by atoms with Crippen LogP contribution in [-0.4, -0.2) is 21.2 Å². The van der Waals surface area contributed by atoms with Gasteiger partial charge < -0.3 is 14.2 Å². The van der Waals surface area contributed by atoms with Crippen LogP contribution in [0.2, 0.25) is 5.02 Å². The van der Waals surface area contributed by atoms with Gasteiger partial charge in [0.1, 0.15) is 16.9 Å². The SMILES string of the molecule is Cc1ccc(NC(=O)CSc2nc3c(oc4ccccc43)c(=O)n2Cc2ccco2)c(Cl)c1. The van der Waals surface area contributed by atoms with Gasteiger partial charge in [-0.1, -0.05) is 41.6 Å². The van der Waals surface area contributed by atoms with Crippen LogP contribution in [0.25, 0.3) is 22.1 Å². The number of nitrogens with one attached hydrogen (secondary N) is 1. The number of hydrogen-bond acceptors (Lipinski definition) is 6. The van der Waals surface area contributed by atoms with Crippen molar-refractivity contribution in [3.8, 4) is 0 Å². The molecule has 166 valence electrons. The zero-order valence-electron chi connectivity index (χ0n) is 17.5. The number of aryl methyl sites for hydroxylation is 1. The van der Waals surface area contributed by atoms with Gasteiger partial charge in [0.25, 0.3) is 5.56 Å². The summed E-state index contributed by atoms with van der Waals surface area (Å²) in [5, 5.41) is 4.40. The quantitative estimate of drug-likeness (QED) is 0.256. The Kier molecular flexibility index (Phi) is 5.70. The van der Waals surface area contributed by atoms with Gasteiger partial charge in [-0.25, -0.2) is 4.98 Å². The van der Waals surface area contributed by atoms with Crippen molar-refractivity contribution in [1.82, 2.24) is 9.55 Å². The highest BCUT2D eigenvalue weighted by atomic mass is 35.5. The van der Waals surface area contributed by atoms with E-state index in [4.69, 9.17) is 25.4 Å². The minimum atomic E-state index is -0.336. The smallest absolute Gasteiger partial charge is 0.298 e. The van der Waals surface area contributed by atoms with Crippen LogP contribution in [0.15, 0.2) is 79.6 Å². The number of thioether (sulfide) groups is 1. The fourth-order valence-electron chi connectivity index (χ4n) is 3.50. The number of benzene rings is 2. The van der Waals surface area contributed by atoms with Gasteiger partial charge >= 0.3 is 0 Å². The largest absolute Gasteiger partial charge is 0.467 e. The van der Waals surface area contributed by atoms with Crippen molar-refractivity contribution in [2.45, 2.75) is 18.6 Å². The molecule has 0 saturated carbocycles. The lowest BCUT2D eigenvalue weighted by Gasteiger charge is -2.11. The molecule has 3 heterocycles. The monoisotopic (exact) mass is 479 g/mol. The van der Waals surface area contributed by atoms with Crippen LogP contribution in [0.1, 0.15) is 11.3 Å². The Morgan fingerprint density at radius 3 is 2.82 bits per heavy atom. The lowest BCUT2D eigenvalue weighted by Crippen LogP contribution is -2.24. The van der Waals surface area contributed by atoms with Crippen LogP contribution in [0.3, 0.4) is 0 Å². The molecule has 0 saturated heterocycles. The minimum absolute atomic E-state index is 0.0378. The molecule has 5 rings (SSSR count). The van der Waals surface area contributed by atoms with Gasteiger partial charge in [-0.2, -0.15) is 0 Å². The first-order valence-corrected chi connectivity index (χ1v) is 11.5. The summed E-state index contributed by atoms with van der Waals surface area (Å²) in [4.78, 5) is 30.6. The van der Waals surface area contributed by atoms with Gasteiger partial charge in [-0.05, 0) is 48.9 Å². The van der Waals surface area contributed by atoms with E-state index in [2.05, 4.69) is 5.32 Å². The second kappa shape index (κ2) is 8.80. The van der Waals surface area contributed by atoms with Crippen molar-refractivity contribution < 1.29 is 13.6 Å². The van der Waals surface area contributed by atoms with Gasteiger partial charge in [-0.3, -0.25) is 14.2 Å². The van der Waals surface area contributed by atoms with E-state index >= 15 is 0 Å². The summed E-state index contributed by atoms with van der Waals surface area (Å²) in [7, 11) is 0. The molecule has 7 nitrogen and oxygen atoms in total. The Bertz CT molecular complexity index is 1540. The minimum Gasteiger partial charge on any atom is -0.467 e. The molecule has 0 bridgehead atoms. The van der Waals surface area contributed by atoms with Crippen LogP contribution in [0.5, 0.6) is 0 Å². The molecule has 0 atom stereocenters. The number of carbonyl (C=O) groups excluding carboxylic acids is 1. The van der Waals surface area contributed by atoms with Crippen LogP contribution in [-0.2, 0) is 11.3 Å². The molecule has 0 fully saturated rings. The zero-order chi connectivity index (χ0) is 22.9. The van der Waals surface area contributed by atoms with E-state index in [1.807, 2.05) is 31.2 Å². The summed E-state index contributed by atoms with van der Waals surface area (Å²) >= 11 is 7.38. The van der Waals surface area contributed by atoms with Gasteiger partial charge in [0.05, 0.1) is 29.3 Å². The molecular weight excluding hydrogens is 462 g/mol. The maximum absolute atomic E-state index is 13.3. The molecule has 1 amide bonds. The molecule has 33 heavy (non-hydrogen) atoms. The number of carbonyl (C=O) groups is 1. The Morgan fingerprint density at radius 1 is 1.18 bits per heavy atom. The molecule has 0 aliphatic carbocycles. The van der Waals surface area contributed by atoms with Gasteiger partial charge in [0, 0.05) is 5.39 Å². The fraction of sp³-hybridized carbons (Fsp3) is 0.125. The maximum Gasteiger partial charge on any atom is 0.298 e. The number of para-hydroxylation sites is 1. The number of nitrogens with zero attached hydrogens (tertiary/aromatic N) is 2. The summed E-state index contributed by atoms with van der Waals surface area (Å²) in [6, 6.07) is 16.3. The maximum atomic E-state index is 13.3. The van der Waals surface area contributed by atoms with E-state index in [0.717, 1.165) is 22.7 Å². The highest BCUT2D eigenvalue weighted by molar-refractivity contribution is 7.99. The predicted molar refractivity (Wildman–Crippen MR) is 129 cm³/mol. The van der Waals surface area contributed by atoms with Crippen LogP contribution >= 0.6 is 23.4 Å². The average molecular weight is 480 g/mol. The van der Waals surface area contributed by atoms with E-state index in [1.165, 1.54) is 4.57 Å².